The lowest BCUT2D eigenvalue weighted by atomic mass is 10.1. The first kappa shape index (κ1) is 18.9. The van der Waals surface area contributed by atoms with Crippen LogP contribution in [0.5, 0.6) is 0 Å². The number of hydrogen-bond acceptors (Lipinski definition) is 2. The second kappa shape index (κ2) is 9.20. The fourth-order valence-electron chi connectivity index (χ4n) is 3.62. The van der Waals surface area contributed by atoms with Crippen LogP contribution in [0.25, 0.3) is 0 Å². The fourth-order valence-corrected chi connectivity index (χ4v) is 3.75. The van der Waals surface area contributed by atoms with Gasteiger partial charge in [-0.2, -0.15) is 0 Å². The van der Waals surface area contributed by atoms with Crippen molar-refractivity contribution in [3.63, 3.8) is 0 Å². The Morgan fingerprint density at radius 2 is 1.96 bits per heavy atom. The van der Waals surface area contributed by atoms with Gasteiger partial charge in [-0.3, -0.25) is 4.79 Å². The SMILES string of the molecule is Cc1cccc(CNCCC2CCC(=O)N2CCc2ccc(Cl)cc2)c1. The van der Waals surface area contributed by atoms with Crippen LogP contribution in [0, 0.1) is 6.92 Å². The molecule has 0 radical (unpaired) electrons. The van der Waals surface area contributed by atoms with Gasteiger partial charge in [0.25, 0.3) is 0 Å². The smallest absolute Gasteiger partial charge is 0.222 e. The molecule has 1 unspecified atom stereocenters. The summed E-state index contributed by atoms with van der Waals surface area (Å²) in [5.41, 5.74) is 3.83. The molecule has 1 fully saturated rings. The molecule has 1 heterocycles. The first-order chi connectivity index (χ1) is 12.6. The first-order valence-corrected chi connectivity index (χ1v) is 9.80. The Morgan fingerprint density at radius 1 is 1.15 bits per heavy atom. The largest absolute Gasteiger partial charge is 0.339 e. The Bertz CT molecular complexity index is 729. The minimum absolute atomic E-state index is 0.294. The zero-order chi connectivity index (χ0) is 18.4. The Morgan fingerprint density at radius 3 is 2.73 bits per heavy atom. The van der Waals surface area contributed by atoms with Gasteiger partial charge in [0.05, 0.1) is 0 Å². The van der Waals surface area contributed by atoms with Crippen LogP contribution in [0.2, 0.25) is 5.02 Å². The molecule has 1 saturated heterocycles. The fraction of sp³-hybridized carbons (Fsp3) is 0.409. The monoisotopic (exact) mass is 370 g/mol. The highest BCUT2D eigenvalue weighted by atomic mass is 35.5. The molecule has 1 N–H and O–H groups in total. The molecule has 0 spiro atoms. The highest BCUT2D eigenvalue weighted by molar-refractivity contribution is 6.30. The van der Waals surface area contributed by atoms with Crippen molar-refractivity contribution in [1.82, 2.24) is 10.2 Å². The summed E-state index contributed by atoms with van der Waals surface area (Å²) in [6, 6.07) is 16.8. The molecule has 2 aromatic rings. The summed E-state index contributed by atoms with van der Waals surface area (Å²) in [6.45, 7) is 4.73. The van der Waals surface area contributed by atoms with Crippen LogP contribution in [0.3, 0.4) is 0 Å². The summed E-state index contributed by atoms with van der Waals surface area (Å²) in [5, 5.41) is 4.27. The third-order valence-electron chi connectivity index (χ3n) is 5.07. The van der Waals surface area contributed by atoms with Crippen molar-refractivity contribution in [1.29, 1.82) is 0 Å². The summed E-state index contributed by atoms with van der Waals surface area (Å²) >= 11 is 5.94. The van der Waals surface area contributed by atoms with Gasteiger partial charge in [0.1, 0.15) is 0 Å². The summed E-state index contributed by atoms with van der Waals surface area (Å²) in [4.78, 5) is 14.3. The third kappa shape index (κ3) is 5.33. The minimum Gasteiger partial charge on any atom is -0.339 e. The Hall–Kier alpha value is -1.84. The van der Waals surface area contributed by atoms with Crippen molar-refractivity contribution >= 4 is 17.5 Å². The van der Waals surface area contributed by atoms with E-state index < -0.39 is 0 Å². The molecule has 0 saturated carbocycles. The summed E-state index contributed by atoms with van der Waals surface area (Å²) < 4.78 is 0. The van der Waals surface area contributed by atoms with Crippen LogP contribution in [-0.4, -0.2) is 29.9 Å². The van der Waals surface area contributed by atoms with E-state index in [1.165, 1.54) is 16.7 Å². The van der Waals surface area contributed by atoms with Crippen LogP contribution in [-0.2, 0) is 17.8 Å². The quantitative estimate of drug-likeness (QED) is 0.700. The van der Waals surface area contributed by atoms with Crippen LogP contribution in [0.4, 0.5) is 0 Å². The predicted octanol–water partition coefficient (Wildman–Crippen LogP) is 4.36. The molecule has 1 aliphatic rings. The van der Waals surface area contributed by atoms with E-state index >= 15 is 0 Å². The maximum Gasteiger partial charge on any atom is 0.222 e. The van der Waals surface area contributed by atoms with Crippen molar-refractivity contribution in [2.45, 2.75) is 45.2 Å². The topological polar surface area (TPSA) is 32.3 Å². The Kier molecular flexibility index (Phi) is 6.70. The van der Waals surface area contributed by atoms with Gasteiger partial charge >= 0.3 is 0 Å². The number of rotatable bonds is 8. The second-order valence-corrected chi connectivity index (χ2v) is 7.55. The highest BCUT2D eigenvalue weighted by Gasteiger charge is 2.29. The van der Waals surface area contributed by atoms with Crippen molar-refractivity contribution < 1.29 is 4.79 Å². The van der Waals surface area contributed by atoms with Crippen LogP contribution in [0.1, 0.15) is 36.0 Å². The van der Waals surface area contributed by atoms with E-state index in [2.05, 4.69) is 41.4 Å². The van der Waals surface area contributed by atoms with Crippen LogP contribution in [0.15, 0.2) is 48.5 Å². The molecular weight excluding hydrogens is 344 g/mol. The third-order valence-corrected chi connectivity index (χ3v) is 5.33. The molecule has 1 aliphatic heterocycles. The van der Waals surface area contributed by atoms with Crippen molar-refractivity contribution in [3.05, 3.63) is 70.2 Å². The maximum absolute atomic E-state index is 12.2. The number of nitrogens with one attached hydrogen (secondary N) is 1. The number of amides is 1. The van der Waals surface area contributed by atoms with Gasteiger partial charge in [-0.05, 0) is 56.0 Å². The summed E-state index contributed by atoms with van der Waals surface area (Å²) in [6.07, 6.45) is 3.56. The van der Waals surface area contributed by atoms with E-state index in [1.54, 1.807) is 0 Å². The highest BCUT2D eigenvalue weighted by Crippen LogP contribution is 2.22. The Labute approximate surface area is 161 Å². The number of hydrogen-bond donors (Lipinski definition) is 1. The van der Waals surface area contributed by atoms with Gasteiger partial charge in [-0.1, -0.05) is 53.6 Å². The molecule has 26 heavy (non-hydrogen) atoms. The number of likely N-dealkylation sites (tertiary alicyclic amines) is 1. The van der Waals surface area contributed by atoms with E-state index in [0.717, 1.165) is 43.9 Å². The number of halogens is 1. The zero-order valence-corrected chi connectivity index (χ0v) is 16.1. The number of aryl methyl sites for hydroxylation is 1. The average molecular weight is 371 g/mol. The van der Waals surface area contributed by atoms with Gasteiger partial charge in [0, 0.05) is 30.6 Å². The van der Waals surface area contributed by atoms with Crippen molar-refractivity contribution in [3.8, 4) is 0 Å². The predicted molar refractivity (Wildman–Crippen MR) is 107 cm³/mol. The van der Waals surface area contributed by atoms with E-state index in [1.807, 2.05) is 24.3 Å². The molecule has 1 amide bonds. The molecule has 138 valence electrons. The van der Waals surface area contributed by atoms with Crippen LogP contribution < -0.4 is 5.32 Å². The molecule has 4 heteroatoms. The number of nitrogens with zero attached hydrogens (tertiary/aromatic N) is 1. The van der Waals surface area contributed by atoms with E-state index in [9.17, 15) is 4.79 Å². The first-order valence-electron chi connectivity index (χ1n) is 9.42. The van der Waals surface area contributed by atoms with Gasteiger partial charge in [-0.25, -0.2) is 0 Å². The van der Waals surface area contributed by atoms with E-state index in [4.69, 9.17) is 11.6 Å². The average Bonchev–Trinajstić information content (AvgIpc) is 2.98. The van der Waals surface area contributed by atoms with Crippen LogP contribution >= 0.6 is 11.6 Å². The number of carbonyl (C=O) groups is 1. The molecule has 0 bridgehead atoms. The van der Waals surface area contributed by atoms with Gasteiger partial charge in [-0.15, -0.1) is 0 Å². The standard InChI is InChI=1S/C22H27ClN2O/c1-17-3-2-4-19(15-17)16-24-13-11-21-9-10-22(26)25(21)14-12-18-5-7-20(23)8-6-18/h2-8,15,21,24H,9-14,16H2,1H3. The molecule has 0 aromatic heterocycles. The number of benzene rings is 2. The normalized spacial score (nSPS) is 17.1. The Balaban J connectivity index is 1.44. The molecule has 0 aliphatic carbocycles. The van der Waals surface area contributed by atoms with Crippen molar-refractivity contribution in [2.24, 2.45) is 0 Å². The van der Waals surface area contributed by atoms with Crippen molar-refractivity contribution in [2.75, 3.05) is 13.1 Å². The molecule has 3 nitrogen and oxygen atoms in total. The van der Waals surface area contributed by atoms with Gasteiger partial charge in [0.15, 0.2) is 0 Å². The van der Waals surface area contributed by atoms with E-state index in [-0.39, 0.29) is 0 Å². The summed E-state index contributed by atoms with van der Waals surface area (Å²) in [5.74, 6) is 0.294. The van der Waals surface area contributed by atoms with Gasteiger partial charge < -0.3 is 10.2 Å². The molecule has 1 atom stereocenters. The lowest BCUT2D eigenvalue weighted by Gasteiger charge is -2.25. The van der Waals surface area contributed by atoms with Gasteiger partial charge in [0.2, 0.25) is 5.91 Å². The van der Waals surface area contributed by atoms with E-state index in [0.29, 0.717) is 18.4 Å². The number of carbonyl (C=O) groups excluding carboxylic acids is 1. The lowest BCUT2D eigenvalue weighted by Crippen LogP contribution is -2.36. The molecule has 2 aromatic carbocycles. The second-order valence-electron chi connectivity index (χ2n) is 7.11. The minimum atomic E-state index is 0.294. The lowest BCUT2D eigenvalue weighted by molar-refractivity contribution is -0.129. The maximum atomic E-state index is 12.2. The molecule has 3 rings (SSSR count). The summed E-state index contributed by atoms with van der Waals surface area (Å²) in [7, 11) is 0. The molecular formula is C22H27ClN2O. The zero-order valence-electron chi connectivity index (χ0n) is 15.4.